The van der Waals surface area contributed by atoms with Gasteiger partial charge in [0.25, 0.3) is 5.91 Å². The van der Waals surface area contributed by atoms with Crippen molar-refractivity contribution in [1.29, 1.82) is 0 Å². The smallest absolute Gasteiger partial charge is 0.254 e. The van der Waals surface area contributed by atoms with Crippen LogP contribution in [0.1, 0.15) is 23.2 Å². The zero-order valence-corrected chi connectivity index (χ0v) is 14.6. The normalized spacial score (nSPS) is 17.7. The van der Waals surface area contributed by atoms with Crippen molar-refractivity contribution < 1.29 is 9.18 Å². The van der Waals surface area contributed by atoms with E-state index >= 15 is 0 Å². The highest BCUT2D eigenvalue weighted by Crippen LogP contribution is 2.20. The van der Waals surface area contributed by atoms with Gasteiger partial charge in [0, 0.05) is 44.8 Å². The number of hydrogen-bond donors (Lipinski definition) is 0. The summed E-state index contributed by atoms with van der Waals surface area (Å²) >= 11 is 0. The van der Waals surface area contributed by atoms with Crippen LogP contribution in [0.3, 0.4) is 0 Å². The zero-order valence-electron chi connectivity index (χ0n) is 14.6. The van der Waals surface area contributed by atoms with E-state index in [9.17, 15) is 9.18 Å². The van der Waals surface area contributed by atoms with Gasteiger partial charge in [0.1, 0.15) is 5.82 Å². The largest absolute Gasteiger partial charge is 0.355 e. The van der Waals surface area contributed by atoms with Crippen LogP contribution in [0.15, 0.2) is 36.4 Å². The Morgan fingerprint density at radius 1 is 0.846 bits per heavy atom. The molecule has 0 bridgehead atoms. The van der Waals surface area contributed by atoms with Crippen LogP contribution >= 0.6 is 0 Å². The molecule has 6 nitrogen and oxygen atoms in total. The van der Waals surface area contributed by atoms with E-state index in [1.807, 2.05) is 12.1 Å². The van der Waals surface area contributed by atoms with Gasteiger partial charge in [-0.3, -0.25) is 4.79 Å². The van der Waals surface area contributed by atoms with Crippen molar-refractivity contribution in [2.24, 2.45) is 0 Å². The Hall–Kier alpha value is -2.70. The van der Waals surface area contributed by atoms with E-state index < -0.39 is 0 Å². The minimum Gasteiger partial charge on any atom is -0.355 e. The number of carbonyl (C=O) groups excluding carboxylic acids is 1. The summed E-state index contributed by atoms with van der Waals surface area (Å²) in [6, 6.07) is 9.88. The van der Waals surface area contributed by atoms with Gasteiger partial charge in [-0.05, 0) is 43.2 Å². The third-order valence-electron chi connectivity index (χ3n) is 5.03. The van der Waals surface area contributed by atoms with Crippen molar-refractivity contribution >= 4 is 17.5 Å². The number of anilines is 2. The molecule has 2 aliphatic rings. The van der Waals surface area contributed by atoms with E-state index in [1.165, 1.54) is 25.0 Å². The molecule has 2 aliphatic heterocycles. The van der Waals surface area contributed by atoms with Gasteiger partial charge in [0.05, 0.1) is 0 Å². The second kappa shape index (κ2) is 7.27. The van der Waals surface area contributed by atoms with E-state index in [0.717, 1.165) is 24.7 Å². The molecule has 4 rings (SSSR count). The minimum atomic E-state index is -0.386. The molecule has 0 unspecified atom stereocenters. The molecule has 1 aromatic heterocycles. The molecule has 2 saturated heterocycles. The summed E-state index contributed by atoms with van der Waals surface area (Å²) in [5, 5.41) is 8.73. The molecule has 0 radical (unpaired) electrons. The van der Waals surface area contributed by atoms with Crippen molar-refractivity contribution in [1.82, 2.24) is 15.1 Å². The Morgan fingerprint density at radius 3 is 2.04 bits per heavy atom. The number of amides is 1. The average Bonchev–Trinajstić information content (AvgIpc) is 3.23. The monoisotopic (exact) mass is 355 g/mol. The van der Waals surface area contributed by atoms with Crippen molar-refractivity contribution in [3.8, 4) is 0 Å². The third-order valence-corrected chi connectivity index (χ3v) is 5.03. The van der Waals surface area contributed by atoms with Crippen LogP contribution in [0.25, 0.3) is 0 Å². The predicted octanol–water partition coefficient (Wildman–Crippen LogP) is 2.18. The first-order chi connectivity index (χ1) is 12.7. The molecule has 26 heavy (non-hydrogen) atoms. The van der Waals surface area contributed by atoms with Gasteiger partial charge in [-0.15, -0.1) is 10.2 Å². The van der Waals surface area contributed by atoms with Crippen LogP contribution in [0.5, 0.6) is 0 Å². The summed E-state index contributed by atoms with van der Waals surface area (Å²) < 4.78 is 13.3. The highest BCUT2D eigenvalue weighted by Gasteiger charge is 2.23. The molecule has 1 aromatic carbocycles. The molecule has 7 heteroatoms. The van der Waals surface area contributed by atoms with Crippen LogP contribution in [0.4, 0.5) is 16.0 Å². The second-order valence-corrected chi connectivity index (χ2v) is 6.73. The van der Waals surface area contributed by atoms with Gasteiger partial charge in [-0.1, -0.05) is 6.07 Å². The van der Waals surface area contributed by atoms with E-state index in [0.29, 0.717) is 31.7 Å². The summed E-state index contributed by atoms with van der Waals surface area (Å²) in [5.41, 5.74) is 0.396. The first-order valence-corrected chi connectivity index (χ1v) is 9.09. The Kier molecular flexibility index (Phi) is 4.69. The summed E-state index contributed by atoms with van der Waals surface area (Å²) in [6.45, 7) is 4.66. The highest BCUT2D eigenvalue weighted by atomic mass is 19.1. The lowest BCUT2D eigenvalue weighted by Gasteiger charge is -2.35. The maximum Gasteiger partial charge on any atom is 0.254 e. The summed E-state index contributed by atoms with van der Waals surface area (Å²) in [6.07, 6.45) is 2.43. The van der Waals surface area contributed by atoms with Crippen molar-refractivity contribution in [2.75, 3.05) is 49.1 Å². The molecular weight excluding hydrogens is 333 g/mol. The first-order valence-electron chi connectivity index (χ1n) is 9.09. The molecule has 0 N–H and O–H groups in total. The fourth-order valence-corrected chi connectivity index (χ4v) is 3.54. The number of aromatic nitrogens is 2. The molecule has 0 saturated carbocycles. The summed E-state index contributed by atoms with van der Waals surface area (Å²) in [7, 11) is 0. The molecule has 0 atom stereocenters. The van der Waals surface area contributed by atoms with Crippen LogP contribution in [-0.4, -0.2) is 60.3 Å². The number of benzene rings is 1. The van der Waals surface area contributed by atoms with E-state index in [-0.39, 0.29) is 11.7 Å². The van der Waals surface area contributed by atoms with Crippen LogP contribution in [0, 0.1) is 5.82 Å². The van der Waals surface area contributed by atoms with Gasteiger partial charge in [0.2, 0.25) is 0 Å². The van der Waals surface area contributed by atoms with Gasteiger partial charge in [-0.2, -0.15) is 0 Å². The van der Waals surface area contributed by atoms with Gasteiger partial charge < -0.3 is 14.7 Å². The van der Waals surface area contributed by atoms with Gasteiger partial charge in [-0.25, -0.2) is 4.39 Å². The Labute approximate surface area is 152 Å². The van der Waals surface area contributed by atoms with E-state index in [4.69, 9.17) is 0 Å². The van der Waals surface area contributed by atoms with Gasteiger partial charge in [0.15, 0.2) is 11.6 Å². The number of rotatable bonds is 3. The average molecular weight is 355 g/mol. The first kappa shape index (κ1) is 16.8. The molecule has 0 aliphatic carbocycles. The van der Waals surface area contributed by atoms with Crippen molar-refractivity contribution in [2.45, 2.75) is 12.8 Å². The van der Waals surface area contributed by atoms with Crippen LogP contribution < -0.4 is 9.80 Å². The van der Waals surface area contributed by atoms with Gasteiger partial charge >= 0.3 is 0 Å². The summed E-state index contributed by atoms with van der Waals surface area (Å²) in [5.74, 6) is 1.26. The lowest BCUT2D eigenvalue weighted by atomic mass is 10.1. The molecular formula is C19H22FN5O. The van der Waals surface area contributed by atoms with Crippen LogP contribution in [0.2, 0.25) is 0 Å². The highest BCUT2D eigenvalue weighted by molar-refractivity contribution is 5.94. The molecule has 136 valence electrons. The maximum atomic E-state index is 13.3. The SMILES string of the molecule is O=C(c1cccc(F)c1)N1CCN(c2ccc(N3CCCC3)nn2)CC1. The minimum absolute atomic E-state index is 0.125. The maximum absolute atomic E-state index is 13.3. The van der Waals surface area contributed by atoms with Crippen molar-refractivity contribution in [3.05, 3.63) is 47.8 Å². The summed E-state index contributed by atoms with van der Waals surface area (Å²) in [4.78, 5) is 18.6. The molecule has 3 heterocycles. The Bertz CT molecular complexity index is 768. The van der Waals surface area contributed by atoms with Crippen LogP contribution in [-0.2, 0) is 0 Å². The fourth-order valence-electron chi connectivity index (χ4n) is 3.54. The second-order valence-electron chi connectivity index (χ2n) is 6.73. The molecule has 1 amide bonds. The number of nitrogens with zero attached hydrogens (tertiary/aromatic N) is 5. The molecule has 2 aromatic rings. The zero-order chi connectivity index (χ0) is 17.9. The standard InChI is InChI=1S/C19H22FN5O/c20-16-5-3-4-15(14-16)19(26)25-12-10-24(11-13-25)18-7-6-17(21-22-18)23-8-1-2-9-23/h3-7,14H,1-2,8-13H2. The molecule has 0 spiro atoms. The number of hydrogen-bond acceptors (Lipinski definition) is 5. The lowest BCUT2D eigenvalue weighted by molar-refractivity contribution is 0.0746. The predicted molar refractivity (Wildman–Crippen MR) is 98.0 cm³/mol. The fraction of sp³-hybridized carbons (Fsp3) is 0.421. The number of carbonyl (C=O) groups is 1. The lowest BCUT2D eigenvalue weighted by Crippen LogP contribution is -2.49. The Morgan fingerprint density at radius 2 is 1.46 bits per heavy atom. The van der Waals surface area contributed by atoms with Crippen molar-refractivity contribution in [3.63, 3.8) is 0 Å². The number of halogens is 1. The topological polar surface area (TPSA) is 52.6 Å². The van der Waals surface area contributed by atoms with E-state index in [2.05, 4.69) is 20.0 Å². The quantitative estimate of drug-likeness (QED) is 0.845. The van der Waals surface area contributed by atoms with E-state index in [1.54, 1.807) is 17.0 Å². The molecule has 2 fully saturated rings. The Balaban J connectivity index is 1.36. The third kappa shape index (κ3) is 3.47. The number of piperazine rings is 1.